The lowest BCUT2D eigenvalue weighted by Crippen LogP contribution is -1.92. The predicted octanol–water partition coefficient (Wildman–Crippen LogP) is 2.41. The molecule has 0 heterocycles. The molecule has 1 nitrogen and oxygen atoms in total. The quantitative estimate of drug-likeness (QED) is 0.517. The molecule has 0 N–H and O–H groups in total. The molecular weight excluding hydrogens is 112 g/mol. The second-order valence-electron chi connectivity index (χ2n) is 2.36. The van der Waals surface area contributed by atoms with Crippen molar-refractivity contribution in [3.8, 4) is 0 Å². The summed E-state index contributed by atoms with van der Waals surface area (Å²) in [6, 6.07) is 0. The summed E-state index contributed by atoms with van der Waals surface area (Å²) in [6.45, 7) is 4.09. The van der Waals surface area contributed by atoms with E-state index in [2.05, 4.69) is 13.0 Å². The van der Waals surface area contributed by atoms with Crippen LogP contribution in [-0.4, -0.2) is 6.61 Å². The second-order valence-corrected chi connectivity index (χ2v) is 2.36. The summed E-state index contributed by atoms with van der Waals surface area (Å²) in [6.07, 6.45) is 6.35. The van der Waals surface area contributed by atoms with Crippen molar-refractivity contribution in [3.63, 3.8) is 0 Å². The summed E-state index contributed by atoms with van der Waals surface area (Å²) in [5.41, 5.74) is 0. The summed E-state index contributed by atoms with van der Waals surface area (Å²) < 4.78 is 0. The third-order valence-corrected chi connectivity index (χ3v) is 1.18. The van der Waals surface area contributed by atoms with Crippen molar-refractivity contribution in [2.75, 3.05) is 6.61 Å². The largest absolute Gasteiger partial charge is 0.236 e. The molecule has 1 atom stereocenters. The highest BCUT2D eigenvalue weighted by molar-refractivity contribution is 4.85. The van der Waals surface area contributed by atoms with Crippen LogP contribution in [0.4, 0.5) is 0 Å². The van der Waals surface area contributed by atoms with Gasteiger partial charge in [-0.15, -0.1) is 0 Å². The van der Waals surface area contributed by atoms with E-state index in [-0.39, 0.29) is 12.5 Å². The zero-order chi connectivity index (χ0) is 7.11. The molecule has 0 aliphatic rings. The SMILES string of the molecule is CCCC=CC(C)C[O]. The molecule has 0 spiro atoms. The van der Waals surface area contributed by atoms with Gasteiger partial charge in [-0.25, -0.2) is 5.11 Å². The van der Waals surface area contributed by atoms with Crippen molar-refractivity contribution in [1.29, 1.82) is 0 Å². The van der Waals surface area contributed by atoms with Gasteiger partial charge in [0.15, 0.2) is 0 Å². The van der Waals surface area contributed by atoms with Gasteiger partial charge < -0.3 is 0 Å². The minimum Gasteiger partial charge on any atom is -0.236 e. The first-order valence-corrected chi connectivity index (χ1v) is 3.56. The topological polar surface area (TPSA) is 19.9 Å². The number of allylic oxidation sites excluding steroid dienone is 1. The van der Waals surface area contributed by atoms with Crippen LogP contribution in [-0.2, 0) is 5.11 Å². The fourth-order valence-electron chi connectivity index (χ4n) is 0.551. The molecule has 53 valence electrons. The molecule has 0 saturated carbocycles. The third kappa shape index (κ3) is 5.57. The molecule has 1 unspecified atom stereocenters. The minimum atomic E-state index is 0.0141. The molecule has 0 saturated heterocycles. The summed E-state index contributed by atoms with van der Waals surface area (Å²) >= 11 is 0. The van der Waals surface area contributed by atoms with Gasteiger partial charge in [0.1, 0.15) is 0 Å². The highest BCUT2D eigenvalue weighted by atomic mass is 16.3. The molecule has 1 radical (unpaired) electrons. The highest BCUT2D eigenvalue weighted by Crippen LogP contribution is 1.97. The number of rotatable bonds is 4. The fraction of sp³-hybridized carbons (Fsp3) is 0.750. The zero-order valence-electron chi connectivity index (χ0n) is 6.26. The van der Waals surface area contributed by atoms with E-state index in [4.69, 9.17) is 0 Å². The van der Waals surface area contributed by atoms with Crippen LogP contribution in [0.25, 0.3) is 0 Å². The first-order valence-electron chi connectivity index (χ1n) is 3.56. The summed E-state index contributed by atoms with van der Waals surface area (Å²) in [7, 11) is 0. The first kappa shape index (κ1) is 8.70. The average molecular weight is 127 g/mol. The second kappa shape index (κ2) is 5.83. The van der Waals surface area contributed by atoms with Crippen molar-refractivity contribution in [2.45, 2.75) is 26.7 Å². The van der Waals surface area contributed by atoms with Gasteiger partial charge in [0.25, 0.3) is 0 Å². The summed E-state index contributed by atoms with van der Waals surface area (Å²) in [5, 5.41) is 10.2. The van der Waals surface area contributed by atoms with Crippen molar-refractivity contribution in [1.82, 2.24) is 0 Å². The normalized spacial score (nSPS) is 14.6. The Hall–Kier alpha value is -0.300. The fourth-order valence-corrected chi connectivity index (χ4v) is 0.551. The molecule has 1 heteroatoms. The van der Waals surface area contributed by atoms with Crippen molar-refractivity contribution < 1.29 is 5.11 Å². The van der Waals surface area contributed by atoms with Crippen LogP contribution in [0.1, 0.15) is 26.7 Å². The monoisotopic (exact) mass is 127 g/mol. The minimum absolute atomic E-state index is 0.0141. The van der Waals surface area contributed by atoms with E-state index in [1.165, 1.54) is 6.42 Å². The van der Waals surface area contributed by atoms with E-state index < -0.39 is 0 Å². The molecule has 0 fully saturated rings. The Balaban J connectivity index is 3.20. The molecule has 0 rings (SSSR count). The molecule has 0 amide bonds. The van der Waals surface area contributed by atoms with Crippen LogP contribution in [0.2, 0.25) is 0 Å². The van der Waals surface area contributed by atoms with E-state index in [1.807, 2.05) is 13.0 Å². The molecule has 9 heavy (non-hydrogen) atoms. The smallest absolute Gasteiger partial charge is 0.0882 e. The van der Waals surface area contributed by atoms with E-state index in [9.17, 15) is 5.11 Å². The van der Waals surface area contributed by atoms with Crippen molar-refractivity contribution >= 4 is 0 Å². The van der Waals surface area contributed by atoms with Crippen molar-refractivity contribution in [3.05, 3.63) is 12.2 Å². The average Bonchev–Trinajstić information content (AvgIpc) is 1.89. The van der Waals surface area contributed by atoms with E-state index >= 15 is 0 Å². The van der Waals surface area contributed by atoms with Crippen LogP contribution in [0, 0.1) is 5.92 Å². The Kier molecular flexibility index (Phi) is 5.64. The van der Waals surface area contributed by atoms with Crippen LogP contribution in [0.15, 0.2) is 12.2 Å². The van der Waals surface area contributed by atoms with Crippen LogP contribution in [0.5, 0.6) is 0 Å². The Morgan fingerprint density at radius 2 is 2.22 bits per heavy atom. The Bertz CT molecular complexity index is 76.6. The van der Waals surface area contributed by atoms with Crippen LogP contribution >= 0.6 is 0 Å². The van der Waals surface area contributed by atoms with Gasteiger partial charge >= 0.3 is 0 Å². The molecule has 0 aliphatic heterocycles. The van der Waals surface area contributed by atoms with Gasteiger partial charge in [0.2, 0.25) is 0 Å². The lowest BCUT2D eigenvalue weighted by molar-refractivity contribution is 0.168. The van der Waals surface area contributed by atoms with Gasteiger partial charge in [0.05, 0.1) is 6.61 Å². The molecule has 0 bridgehead atoms. The maximum Gasteiger partial charge on any atom is 0.0882 e. The maximum absolute atomic E-state index is 10.2. The van der Waals surface area contributed by atoms with Gasteiger partial charge in [-0.2, -0.15) is 0 Å². The standard InChI is InChI=1S/C8H15O/c1-3-4-5-6-8(2)7-9/h5-6,8H,3-4,7H2,1-2H3. The van der Waals surface area contributed by atoms with E-state index in [1.54, 1.807) is 0 Å². The Morgan fingerprint density at radius 3 is 2.67 bits per heavy atom. The number of hydrogen-bond acceptors (Lipinski definition) is 0. The lowest BCUT2D eigenvalue weighted by Gasteiger charge is -1.95. The Morgan fingerprint density at radius 1 is 1.56 bits per heavy atom. The first-order chi connectivity index (χ1) is 4.31. The van der Waals surface area contributed by atoms with Gasteiger partial charge in [-0.1, -0.05) is 32.4 Å². The molecule has 0 aliphatic carbocycles. The third-order valence-electron chi connectivity index (χ3n) is 1.18. The number of unbranched alkanes of at least 4 members (excludes halogenated alkanes) is 1. The zero-order valence-corrected chi connectivity index (χ0v) is 6.26. The van der Waals surface area contributed by atoms with Gasteiger partial charge in [-0.3, -0.25) is 0 Å². The van der Waals surface area contributed by atoms with Crippen LogP contribution < -0.4 is 0 Å². The highest BCUT2D eigenvalue weighted by Gasteiger charge is 1.90. The van der Waals surface area contributed by atoms with Crippen molar-refractivity contribution in [2.24, 2.45) is 5.92 Å². The molecule has 0 aromatic rings. The number of hydrogen-bond donors (Lipinski definition) is 0. The Labute approximate surface area is 57.4 Å². The molecular formula is C8H15O. The maximum atomic E-state index is 10.2. The molecule has 0 aromatic carbocycles. The summed E-state index contributed by atoms with van der Waals surface area (Å²) in [5.74, 6) is 0.219. The summed E-state index contributed by atoms with van der Waals surface area (Å²) in [4.78, 5) is 0. The lowest BCUT2D eigenvalue weighted by atomic mass is 10.1. The predicted molar refractivity (Wildman–Crippen MR) is 38.8 cm³/mol. The van der Waals surface area contributed by atoms with E-state index in [0.717, 1.165) is 6.42 Å². The van der Waals surface area contributed by atoms with Gasteiger partial charge in [-0.05, 0) is 6.42 Å². The van der Waals surface area contributed by atoms with Crippen LogP contribution in [0.3, 0.4) is 0 Å². The molecule has 0 aromatic heterocycles. The van der Waals surface area contributed by atoms with E-state index in [0.29, 0.717) is 0 Å². The van der Waals surface area contributed by atoms with Gasteiger partial charge in [0, 0.05) is 5.92 Å².